The minimum Gasteiger partial charge on any atom is -0.365 e. The van der Waals surface area contributed by atoms with Crippen LogP contribution in [0, 0.1) is 5.82 Å². The zero-order chi connectivity index (χ0) is 14.7. The van der Waals surface area contributed by atoms with Gasteiger partial charge in [-0.1, -0.05) is 13.3 Å². The van der Waals surface area contributed by atoms with E-state index in [1.165, 1.54) is 28.8 Å². The lowest BCUT2D eigenvalue weighted by Crippen LogP contribution is -2.30. The van der Waals surface area contributed by atoms with E-state index in [9.17, 15) is 14.0 Å². The van der Waals surface area contributed by atoms with Crippen LogP contribution in [0.2, 0.25) is 0 Å². The highest BCUT2D eigenvalue weighted by Crippen LogP contribution is 2.11. The summed E-state index contributed by atoms with van der Waals surface area (Å²) in [5.41, 5.74) is 5.96. The van der Waals surface area contributed by atoms with Gasteiger partial charge in [0.1, 0.15) is 11.4 Å². The number of amides is 1. The fourth-order valence-corrected chi connectivity index (χ4v) is 2.12. The lowest BCUT2D eigenvalue weighted by molar-refractivity contribution is 0.0997. The molecule has 2 N–H and O–H groups in total. The number of carbonyl (C=O) groups excluding carboxylic acids is 1. The SMILES string of the molecule is CCCc1ccn(-c2ccc(F)cc2)c(=O)c1C(N)=O. The van der Waals surface area contributed by atoms with Gasteiger partial charge in [0.05, 0.1) is 0 Å². The summed E-state index contributed by atoms with van der Waals surface area (Å²) >= 11 is 0. The van der Waals surface area contributed by atoms with Crippen molar-refractivity contribution < 1.29 is 9.18 Å². The number of rotatable bonds is 4. The average molecular weight is 274 g/mol. The predicted octanol–water partition coefficient (Wildman–Crippen LogP) is 2.03. The minimum absolute atomic E-state index is 0.00123. The molecular formula is C15H15FN2O2. The zero-order valence-corrected chi connectivity index (χ0v) is 11.1. The van der Waals surface area contributed by atoms with Crippen molar-refractivity contribution in [1.29, 1.82) is 0 Å². The zero-order valence-electron chi connectivity index (χ0n) is 11.1. The van der Waals surface area contributed by atoms with Crippen LogP contribution >= 0.6 is 0 Å². The van der Waals surface area contributed by atoms with Crippen molar-refractivity contribution in [3.05, 3.63) is 63.8 Å². The molecule has 0 radical (unpaired) electrons. The van der Waals surface area contributed by atoms with Crippen molar-refractivity contribution in [3.63, 3.8) is 0 Å². The molecule has 0 spiro atoms. The van der Waals surface area contributed by atoms with E-state index in [2.05, 4.69) is 0 Å². The molecule has 1 aromatic carbocycles. The van der Waals surface area contributed by atoms with E-state index in [1.807, 2.05) is 6.92 Å². The fourth-order valence-electron chi connectivity index (χ4n) is 2.12. The third-order valence-corrected chi connectivity index (χ3v) is 3.05. The molecule has 0 fully saturated rings. The molecule has 104 valence electrons. The van der Waals surface area contributed by atoms with E-state index in [1.54, 1.807) is 12.3 Å². The van der Waals surface area contributed by atoms with Crippen LogP contribution in [0.3, 0.4) is 0 Å². The molecule has 0 saturated carbocycles. The first-order valence-electron chi connectivity index (χ1n) is 6.35. The highest BCUT2D eigenvalue weighted by atomic mass is 19.1. The van der Waals surface area contributed by atoms with Crippen molar-refractivity contribution in [1.82, 2.24) is 4.57 Å². The Kier molecular flexibility index (Phi) is 3.98. The highest BCUT2D eigenvalue weighted by Gasteiger charge is 2.15. The molecule has 0 aliphatic rings. The topological polar surface area (TPSA) is 65.1 Å². The maximum atomic E-state index is 12.9. The Hall–Kier alpha value is -2.43. The van der Waals surface area contributed by atoms with Crippen molar-refractivity contribution in [2.24, 2.45) is 5.73 Å². The number of aromatic nitrogens is 1. The third kappa shape index (κ3) is 2.61. The van der Waals surface area contributed by atoms with E-state index >= 15 is 0 Å². The van der Waals surface area contributed by atoms with Gasteiger partial charge >= 0.3 is 0 Å². The van der Waals surface area contributed by atoms with Crippen LogP contribution in [0.4, 0.5) is 4.39 Å². The van der Waals surface area contributed by atoms with Gasteiger partial charge in [-0.2, -0.15) is 0 Å². The lowest BCUT2D eigenvalue weighted by Gasteiger charge is -2.10. The van der Waals surface area contributed by atoms with Gasteiger partial charge in [-0.05, 0) is 42.3 Å². The van der Waals surface area contributed by atoms with Crippen molar-refractivity contribution in [2.45, 2.75) is 19.8 Å². The van der Waals surface area contributed by atoms with E-state index in [0.29, 0.717) is 17.7 Å². The smallest absolute Gasteiger partial charge is 0.268 e. The molecule has 4 nitrogen and oxygen atoms in total. The molecule has 20 heavy (non-hydrogen) atoms. The molecule has 1 heterocycles. The maximum Gasteiger partial charge on any atom is 0.268 e. The Morgan fingerprint density at radius 3 is 2.45 bits per heavy atom. The van der Waals surface area contributed by atoms with Gasteiger partial charge in [-0.15, -0.1) is 0 Å². The standard InChI is InChI=1S/C15H15FN2O2/c1-2-3-10-8-9-18(15(20)13(10)14(17)19)12-6-4-11(16)5-7-12/h4-9H,2-3H2,1H3,(H2,17,19). The second kappa shape index (κ2) is 5.69. The second-order valence-electron chi connectivity index (χ2n) is 4.48. The van der Waals surface area contributed by atoms with E-state index < -0.39 is 11.5 Å². The normalized spacial score (nSPS) is 10.5. The molecule has 1 aromatic heterocycles. The molecule has 0 bridgehead atoms. The number of nitrogens with zero attached hydrogens (tertiary/aromatic N) is 1. The predicted molar refractivity (Wildman–Crippen MR) is 74.5 cm³/mol. The second-order valence-corrected chi connectivity index (χ2v) is 4.48. The number of benzene rings is 1. The van der Waals surface area contributed by atoms with E-state index in [-0.39, 0.29) is 11.4 Å². The first kappa shape index (κ1) is 14.0. The van der Waals surface area contributed by atoms with Gasteiger partial charge in [-0.3, -0.25) is 14.2 Å². The van der Waals surface area contributed by atoms with Crippen LogP contribution in [0.1, 0.15) is 29.3 Å². The fraction of sp³-hybridized carbons (Fsp3) is 0.200. The Morgan fingerprint density at radius 1 is 1.25 bits per heavy atom. The van der Waals surface area contributed by atoms with Crippen molar-refractivity contribution in [3.8, 4) is 5.69 Å². The maximum absolute atomic E-state index is 12.9. The Morgan fingerprint density at radius 2 is 1.90 bits per heavy atom. The number of hydrogen-bond donors (Lipinski definition) is 1. The summed E-state index contributed by atoms with van der Waals surface area (Å²) < 4.78 is 14.2. The van der Waals surface area contributed by atoms with Crippen LogP contribution in [0.15, 0.2) is 41.3 Å². The number of halogens is 1. The molecule has 2 rings (SSSR count). The molecule has 2 aromatic rings. The monoisotopic (exact) mass is 274 g/mol. The number of carbonyl (C=O) groups is 1. The third-order valence-electron chi connectivity index (χ3n) is 3.05. The van der Waals surface area contributed by atoms with Crippen LogP contribution < -0.4 is 11.3 Å². The number of primary amides is 1. The summed E-state index contributed by atoms with van der Waals surface area (Å²) in [6, 6.07) is 7.16. The number of hydrogen-bond acceptors (Lipinski definition) is 2. The minimum atomic E-state index is -0.741. The van der Waals surface area contributed by atoms with Crippen molar-refractivity contribution in [2.75, 3.05) is 0 Å². The number of pyridine rings is 1. The number of aryl methyl sites for hydroxylation is 1. The van der Waals surface area contributed by atoms with E-state index in [4.69, 9.17) is 5.73 Å². The summed E-state index contributed by atoms with van der Waals surface area (Å²) in [5.74, 6) is -1.13. The molecular weight excluding hydrogens is 259 g/mol. The molecule has 0 saturated heterocycles. The summed E-state index contributed by atoms with van der Waals surface area (Å²) in [4.78, 5) is 23.9. The lowest BCUT2D eigenvalue weighted by atomic mass is 10.0. The van der Waals surface area contributed by atoms with Gasteiger partial charge in [0, 0.05) is 11.9 Å². The largest absolute Gasteiger partial charge is 0.365 e. The van der Waals surface area contributed by atoms with Gasteiger partial charge in [-0.25, -0.2) is 4.39 Å². The van der Waals surface area contributed by atoms with Gasteiger partial charge in [0.2, 0.25) is 0 Å². The summed E-state index contributed by atoms with van der Waals surface area (Å²) in [5, 5.41) is 0. The molecule has 0 atom stereocenters. The first-order chi connectivity index (χ1) is 9.54. The molecule has 0 aliphatic carbocycles. The Labute approximate surface area is 115 Å². The van der Waals surface area contributed by atoms with Crippen molar-refractivity contribution >= 4 is 5.91 Å². The van der Waals surface area contributed by atoms with E-state index in [0.717, 1.165) is 6.42 Å². The molecule has 5 heteroatoms. The van der Waals surface area contributed by atoms with Gasteiger partial charge in [0.15, 0.2) is 0 Å². The molecule has 1 amide bonds. The quantitative estimate of drug-likeness (QED) is 0.927. The Bertz CT molecular complexity index is 690. The Balaban J connectivity index is 2.62. The summed E-state index contributed by atoms with van der Waals surface area (Å²) in [6.45, 7) is 1.95. The summed E-state index contributed by atoms with van der Waals surface area (Å²) in [6.07, 6.45) is 2.99. The highest BCUT2D eigenvalue weighted by molar-refractivity contribution is 5.94. The van der Waals surface area contributed by atoms with Crippen LogP contribution in [0.25, 0.3) is 5.69 Å². The first-order valence-corrected chi connectivity index (χ1v) is 6.35. The van der Waals surface area contributed by atoms with Crippen LogP contribution in [0.5, 0.6) is 0 Å². The average Bonchev–Trinajstić information content (AvgIpc) is 2.40. The molecule has 0 unspecified atom stereocenters. The molecule has 0 aliphatic heterocycles. The van der Waals surface area contributed by atoms with Gasteiger partial charge < -0.3 is 5.73 Å². The summed E-state index contributed by atoms with van der Waals surface area (Å²) in [7, 11) is 0. The number of nitrogens with two attached hydrogens (primary N) is 1. The van der Waals surface area contributed by atoms with Crippen LogP contribution in [-0.4, -0.2) is 10.5 Å². The van der Waals surface area contributed by atoms with Crippen LogP contribution in [-0.2, 0) is 6.42 Å². The van der Waals surface area contributed by atoms with Gasteiger partial charge in [0.25, 0.3) is 11.5 Å².